The Morgan fingerprint density at radius 1 is 0.418 bits per heavy atom. The summed E-state index contributed by atoms with van der Waals surface area (Å²) in [6, 6.07) is 18.1. The molecule has 2 atom stereocenters. The van der Waals surface area contributed by atoms with Crippen LogP contribution < -0.4 is 9.47 Å². The van der Waals surface area contributed by atoms with Gasteiger partial charge in [-0.05, 0) is 174 Å². The first-order chi connectivity index (χ1) is 27.1. The first-order valence-corrected chi connectivity index (χ1v) is 24.2. The van der Waals surface area contributed by atoms with E-state index in [2.05, 4.69) is 76.2 Å². The van der Waals surface area contributed by atoms with Crippen LogP contribution in [0.1, 0.15) is 205 Å². The molecule has 2 aromatic rings. The van der Waals surface area contributed by atoms with Gasteiger partial charge >= 0.3 is 0 Å². The third kappa shape index (κ3) is 12.5. The second kappa shape index (κ2) is 22.8. The molecule has 2 unspecified atom stereocenters. The van der Waals surface area contributed by atoms with Gasteiger partial charge in [0.05, 0.1) is 25.4 Å². The van der Waals surface area contributed by atoms with E-state index in [0.717, 1.165) is 47.0 Å². The maximum absolute atomic E-state index is 7.70. The normalized spacial score (nSPS) is 30.0. The molecular formula is C52H82O3. The smallest absolute Gasteiger partial charge is 0.119 e. The first kappa shape index (κ1) is 42.6. The van der Waals surface area contributed by atoms with Crippen molar-refractivity contribution in [2.45, 2.75) is 194 Å². The highest BCUT2D eigenvalue weighted by molar-refractivity contribution is 5.31. The summed E-state index contributed by atoms with van der Waals surface area (Å²) in [6.07, 6.45) is 34.2. The Hall–Kier alpha value is -2.00. The Balaban J connectivity index is 1.13. The topological polar surface area (TPSA) is 27.7 Å². The molecule has 0 aromatic heterocycles. The fourth-order valence-electron chi connectivity index (χ4n) is 12.0. The Morgan fingerprint density at radius 3 is 1.05 bits per heavy atom. The lowest BCUT2D eigenvalue weighted by Crippen LogP contribution is -2.31. The molecule has 0 bridgehead atoms. The van der Waals surface area contributed by atoms with Crippen LogP contribution in [-0.2, 0) is 4.74 Å². The van der Waals surface area contributed by atoms with Crippen molar-refractivity contribution in [3.05, 3.63) is 59.7 Å². The molecule has 4 saturated carbocycles. The highest BCUT2D eigenvalue weighted by atomic mass is 16.5. The average molecular weight is 755 g/mol. The molecule has 2 aromatic carbocycles. The van der Waals surface area contributed by atoms with Crippen molar-refractivity contribution in [3.8, 4) is 11.5 Å². The van der Waals surface area contributed by atoms with Crippen LogP contribution in [0, 0.1) is 47.3 Å². The highest BCUT2D eigenvalue weighted by Crippen LogP contribution is 2.50. The van der Waals surface area contributed by atoms with Gasteiger partial charge in [0, 0.05) is 0 Å². The lowest BCUT2D eigenvalue weighted by atomic mass is 9.67. The van der Waals surface area contributed by atoms with Gasteiger partial charge in [0.15, 0.2) is 0 Å². The Bertz CT molecular complexity index is 1190. The molecule has 3 heteroatoms. The van der Waals surface area contributed by atoms with Gasteiger partial charge in [0.25, 0.3) is 0 Å². The number of unbranched alkanes of at least 4 members (excludes halogenated alkanes) is 4. The van der Waals surface area contributed by atoms with Crippen LogP contribution in [-0.4, -0.2) is 13.2 Å². The average Bonchev–Trinajstić information content (AvgIpc) is 3.23. The van der Waals surface area contributed by atoms with E-state index in [9.17, 15) is 0 Å². The van der Waals surface area contributed by atoms with Crippen molar-refractivity contribution < 1.29 is 14.2 Å². The number of hydrogen-bond donors (Lipinski definition) is 0. The van der Waals surface area contributed by atoms with Gasteiger partial charge in [0.2, 0.25) is 0 Å². The van der Waals surface area contributed by atoms with E-state index < -0.39 is 0 Å². The lowest BCUT2D eigenvalue weighted by Gasteiger charge is -2.43. The number of benzene rings is 2. The molecule has 4 aliphatic carbocycles. The number of rotatable bonds is 20. The Kier molecular flexibility index (Phi) is 17.7. The van der Waals surface area contributed by atoms with Crippen LogP contribution in [0.3, 0.4) is 0 Å². The summed E-state index contributed by atoms with van der Waals surface area (Å²) >= 11 is 0. The summed E-state index contributed by atoms with van der Waals surface area (Å²) in [6.45, 7) is 10.2. The summed E-state index contributed by atoms with van der Waals surface area (Å²) < 4.78 is 19.5. The minimum atomic E-state index is 0.114. The molecule has 4 fully saturated rings. The van der Waals surface area contributed by atoms with Crippen molar-refractivity contribution in [3.63, 3.8) is 0 Å². The third-order valence-electron chi connectivity index (χ3n) is 15.4. The van der Waals surface area contributed by atoms with Gasteiger partial charge in [-0.15, -0.1) is 0 Å². The second-order valence-electron chi connectivity index (χ2n) is 18.9. The molecule has 0 heterocycles. The largest absolute Gasteiger partial charge is 0.494 e. The first-order valence-electron chi connectivity index (χ1n) is 24.2. The molecule has 0 radical (unpaired) electrons. The van der Waals surface area contributed by atoms with E-state index in [4.69, 9.17) is 14.2 Å². The van der Waals surface area contributed by atoms with Crippen LogP contribution in [0.5, 0.6) is 11.5 Å². The molecule has 0 N–H and O–H groups in total. The summed E-state index contributed by atoms with van der Waals surface area (Å²) in [5.41, 5.74) is 2.69. The second-order valence-corrected chi connectivity index (χ2v) is 18.9. The summed E-state index contributed by atoms with van der Waals surface area (Å²) in [4.78, 5) is 0. The predicted octanol–water partition coefficient (Wildman–Crippen LogP) is 15.7. The SMILES string of the molecule is CCCCC[C@H]1CC[C@H]([C@H]2CC[C@H](C(OC(c3ccc(OCC)cc3)[C@H]3CC[C@H]([C@H]4CC[C@H](CCCCC)CC4)CC3)c3ccc(OCC)cc3)CC2)CC1. The van der Waals surface area contributed by atoms with Crippen LogP contribution >= 0.6 is 0 Å². The number of ether oxygens (including phenoxy) is 3. The zero-order valence-electron chi connectivity index (χ0n) is 36.0. The van der Waals surface area contributed by atoms with E-state index in [-0.39, 0.29) is 12.2 Å². The Morgan fingerprint density at radius 2 is 0.745 bits per heavy atom. The van der Waals surface area contributed by atoms with Gasteiger partial charge in [-0.2, -0.15) is 0 Å². The molecule has 0 amide bonds. The van der Waals surface area contributed by atoms with Gasteiger partial charge in [-0.1, -0.05) is 115 Å². The van der Waals surface area contributed by atoms with E-state index in [1.165, 1.54) is 165 Å². The monoisotopic (exact) mass is 755 g/mol. The standard InChI is InChI=1S/C52H82O3/c1-5-9-11-13-39-15-19-41(20-16-39)43-23-27-45(28-24-43)51(47-31-35-49(36-32-47)53-7-3)55-52(48-33-37-50(38-34-48)54-8-4)46-29-25-44(26-30-46)42-21-17-40(18-22-42)14-12-10-6-2/h31-46,51-52H,5-30H2,1-4H3/t39-,40-,41-,42-,43-,44-,45-,46-,51?,52?. The molecule has 3 nitrogen and oxygen atoms in total. The fourth-order valence-corrected chi connectivity index (χ4v) is 12.0. The van der Waals surface area contributed by atoms with Crippen LogP contribution in [0.4, 0.5) is 0 Å². The maximum atomic E-state index is 7.70. The van der Waals surface area contributed by atoms with Crippen LogP contribution in [0.25, 0.3) is 0 Å². The maximum Gasteiger partial charge on any atom is 0.119 e. The summed E-state index contributed by atoms with van der Waals surface area (Å²) in [7, 11) is 0. The molecular weight excluding hydrogens is 673 g/mol. The third-order valence-corrected chi connectivity index (χ3v) is 15.4. The molecule has 0 aliphatic heterocycles. The zero-order chi connectivity index (χ0) is 38.2. The van der Waals surface area contributed by atoms with Crippen LogP contribution in [0.2, 0.25) is 0 Å². The predicted molar refractivity (Wildman–Crippen MR) is 232 cm³/mol. The summed E-state index contributed by atoms with van der Waals surface area (Å²) in [5.74, 6) is 8.80. The van der Waals surface area contributed by atoms with E-state index in [1.54, 1.807) is 0 Å². The van der Waals surface area contributed by atoms with Crippen molar-refractivity contribution >= 4 is 0 Å². The fraction of sp³-hybridized carbons (Fsp3) is 0.769. The van der Waals surface area contributed by atoms with Crippen molar-refractivity contribution in [2.75, 3.05) is 13.2 Å². The molecule has 4 aliphatic rings. The minimum absolute atomic E-state index is 0.114. The van der Waals surface area contributed by atoms with E-state index in [1.807, 2.05) is 0 Å². The Labute approximate surface area is 338 Å². The highest BCUT2D eigenvalue weighted by Gasteiger charge is 2.39. The quantitative estimate of drug-likeness (QED) is 0.126. The van der Waals surface area contributed by atoms with Crippen molar-refractivity contribution in [2.24, 2.45) is 47.3 Å². The molecule has 55 heavy (non-hydrogen) atoms. The molecule has 308 valence electrons. The van der Waals surface area contributed by atoms with E-state index in [0.29, 0.717) is 25.0 Å². The molecule has 0 spiro atoms. The molecule has 6 rings (SSSR count). The molecule has 0 saturated heterocycles. The van der Waals surface area contributed by atoms with Crippen LogP contribution in [0.15, 0.2) is 48.5 Å². The van der Waals surface area contributed by atoms with Gasteiger partial charge in [0.1, 0.15) is 11.5 Å². The number of hydrogen-bond acceptors (Lipinski definition) is 3. The minimum Gasteiger partial charge on any atom is -0.494 e. The van der Waals surface area contributed by atoms with Gasteiger partial charge in [-0.25, -0.2) is 0 Å². The van der Waals surface area contributed by atoms with Gasteiger partial charge < -0.3 is 14.2 Å². The van der Waals surface area contributed by atoms with E-state index >= 15 is 0 Å². The van der Waals surface area contributed by atoms with Gasteiger partial charge in [-0.3, -0.25) is 0 Å². The zero-order valence-corrected chi connectivity index (χ0v) is 36.0. The summed E-state index contributed by atoms with van der Waals surface area (Å²) in [5, 5.41) is 0. The van der Waals surface area contributed by atoms with Crippen molar-refractivity contribution in [1.29, 1.82) is 0 Å². The lowest BCUT2D eigenvalue weighted by molar-refractivity contribution is -0.0935. The van der Waals surface area contributed by atoms with Crippen molar-refractivity contribution in [1.82, 2.24) is 0 Å².